The second-order valence-corrected chi connectivity index (χ2v) is 5.58. The molecule has 0 aliphatic rings. The van der Waals surface area contributed by atoms with E-state index in [0.717, 1.165) is 25.1 Å². The van der Waals surface area contributed by atoms with Crippen LogP contribution in [-0.4, -0.2) is 13.1 Å². The van der Waals surface area contributed by atoms with Crippen molar-refractivity contribution in [3.63, 3.8) is 0 Å². The molecule has 1 rings (SSSR count). The molecule has 0 radical (unpaired) electrons. The van der Waals surface area contributed by atoms with Crippen molar-refractivity contribution >= 4 is 22.0 Å². The first-order chi connectivity index (χ1) is 8.54. The topological polar surface area (TPSA) is 12.0 Å². The molecule has 1 aromatic rings. The lowest BCUT2D eigenvalue weighted by molar-refractivity contribution is 0.621. The van der Waals surface area contributed by atoms with Crippen LogP contribution in [0, 0.1) is 11.7 Å². The van der Waals surface area contributed by atoms with E-state index in [1.807, 2.05) is 12.1 Å². The molecule has 0 fully saturated rings. The Labute approximate surface area is 118 Å². The van der Waals surface area contributed by atoms with E-state index in [-0.39, 0.29) is 5.82 Å². The maximum Gasteiger partial charge on any atom is 0.137 e. The zero-order valence-electron chi connectivity index (χ0n) is 11.3. The van der Waals surface area contributed by atoms with Crippen molar-refractivity contribution in [2.75, 3.05) is 13.1 Å². The SMILES string of the molecule is CCCNCC(=Cc1ccc(F)c(Br)c1)C(C)C. The average Bonchev–Trinajstić information content (AvgIpc) is 2.32. The van der Waals surface area contributed by atoms with E-state index in [0.29, 0.717) is 10.4 Å². The van der Waals surface area contributed by atoms with E-state index >= 15 is 0 Å². The molecule has 0 bridgehead atoms. The Hall–Kier alpha value is -0.670. The zero-order valence-corrected chi connectivity index (χ0v) is 12.8. The van der Waals surface area contributed by atoms with Crippen molar-refractivity contribution in [1.29, 1.82) is 0 Å². The normalized spacial score (nSPS) is 12.2. The fraction of sp³-hybridized carbons (Fsp3) is 0.467. The van der Waals surface area contributed by atoms with E-state index in [2.05, 4.69) is 48.1 Å². The molecule has 1 aromatic carbocycles. The molecular formula is C15H21BrFN. The Bertz CT molecular complexity index is 413. The summed E-state index contributed by atoms with van der Waals surface area (Å²) < 4.78 is 13.7. The van der Waals surface area contributed by atoms with Crippen LogP contribution in [0.3, 0.4) is 0 Å². The smallest absolute Gasteiger partial charge is 0.137 e. The molecule has 1 nitrogen and oxygen atoms in total. The van der Waals surface area contributed by atoms with Gasteiger partial charge < -0.3 is 5.32 Å². The molecule has 0 unspecified atom stereocenters. The minimum Gasteiger partial charge on any atom is -0.313 e. The Balaban J connectivity index is 2.83. The highest BCUT2D eigenvalue weighted by atomic mass is 79.9. The first-order valence-electron chi connectivity index (χ1n) is 6.40. The first kappa shape index (κ1) is 15.4. The van der Waals surface area contributed by atoms with Crippen LogP contribution in [0.2, 0.25) is 0 Å². The average molecular weight is 314 g/mol. The van der Waals surface area contributed by atoms with Crippen LogP contribution in [0.1, 0.15) is 32.8 Å². The van der Waals surface area contributed by atoms with Crippen LogP contribution in [0.4, 0.5) is 4.39 Å². The van der Waals surface area contributed by atoms with Crippen molar-refractivity contribution < 1.29 is 4.39 Å². The van der Waals surface area contributed by atoms with Crippen LogP contribution in [0.25, 0.3) is 6.08 Å². The lowest BCUT2D eigenvalue weighted by Crippen LogP contribution is -2.19. The molecule has 0 saturated carbocycles. The van der Waals surface area contributed by atoms with Crippen molar-refractivity contribution in [1.82, 2.24) is 5.32 Å². The van der Waals surface area contributed by atoms with Gasteiger partial charge in [-0.1, -0.05) is 38.5 Å². The number of hydrogen-bond donors (Lipinski definition) is 1. The summed E-state index contributed by atoms with van der Waals surface area (Å²) in [4.78, 5) is 0. The molecular weight excluding hydrogens is 293 g/mol. The maximum atomic E-state index is 13.2. The van der Waals surface area contributed by atoms with E-state index in [1.165, 1.54) is 11.6 Å². The maximum absolute atomic E-state index is 13.2. The molecule has 1 N–H and O–H groups in total. The largest absolute Gasteiger partial charge is 0.313 e. The lowest BCUT2D eigenvalue weighted by Gasteiger charge is -2.12. The van der Waals surface area contributed by atoms with Crippen LogP contribution in [0.5, 0.6) is 0 Å². The second kappa shape index (κ2) is 7.70. The highest BCUT2D eigenvalue weighted by molar-refractivity contribution is 9.10. The summed E-state index contributed by atoms with van der Waals surface area (Å²) in [6.07, 6.45) is 3.27. The van der Waals surface area contributed by atoms with E-state index in [4.69, 9.17) is 0 Å². The molecule has 0 saturated heterocycles. The predicted molar refractivity (Wildman–Crippen MR) is 80.1 cm³/mol. The molecule has 18 heavy (non-hydrogen) atoms. The standard InChI is InChI=1S/C15H21BrFN/c1-4-7-18-10-13(11(2)3)8-12-5-6-15(17)14(16)9-12/h5-6,8-9,11,18H,4,7,10H2,1-3H3. The quantitative estimate of drug-likeness (QED) is 0.755. The molecule has 0 amide bonds. The van der Waals surface area contributed by atoms with Gasteiger partial charge in [0.15, 0.2) is 0 Å². The molecule has 0 aromatic heterocycles. The third-order valence-electron chi connectivity index (χ3n) is 2.79. The summed E-state index contributed by atoms with van der Waals surface area (Å²) in [6, 6.07) is 5.12. The molecule has 0 atom stereocenters. The van der Waals surface area contributed by atoms with Gasteiger partial charge in [0, 0.05) is 6.54 Å². The minimum atomic E-state index is -0.220. The molecule has 0 heterocycles. The fourth-order valence-corrected chi connectivity index (χ4v) is 2.04. The molecule has 0 aliphatic carbocycles. The number of nitrogens with one attached hydrogen (secondary N) is 1. The summed E-state index contributed by atoms with van der Waals surface area (Å²) in [7, 11) is 0. The summed E-state index contributed by atoms with van der Waals surface area (Å²) >= 11 is 3.22. The highest BCUT2D eigenvalue weighted by Gasteiger charge is 2.04. The van der Waals surface area contributed by atoms with Gasteiger partial charge in [0.05, 0.1) is 4.47 Å². The van der Waals surface area contributed by atoms with Crippen LogP contribution in [-0.2, 0) is 0 Å². The van der Waals surface area contributed by atoms with Crippen LogP contribution in [0.15, 0.2) is 28.2 Å². The van der Waals surface area contributed by atoms with Gasteiger partial charge in [-0.15, -0.1) is 0 Å². The Morgan fingerprint density at radius 2 is 2.17 bits per heavy atom. The minimum absolute atomic E-state index is 0.220. The Morgan fingerprint density at radius 1 is 1.44 bits per heavy atom. The summed E-state index contributed by atoms with van der Waals surface area (Å²) in [6.45, 7) is 8.43. The van der Waals surface area contributed by atoms with Gasteiger partial charge in [-0.2, -0.15) is 0 Å². The summed E-state index contributed by atoms with van der Waals surface area (Å²) in [5, 5.41) is 3.41. The van der Waals surface area contributed by atoms with Gasteiger partial charge in [0.25, 0.3) is 0 Å². The summed E-state index contributed by atoms with van der Waals surface area (Å²) in [5.41, 5.74) is 2.37. The van der Waals surface area contributed by atoms with Crippen molar-refractivity contribution in [2.24, 2.45) is 5.92 Å². The van der Waals surface area contributed by atoms with Gasteiger partial charge in [0.2, 0.25) is 0 Å². The van der Waals surface area contributed by atoms with E-state index in [9.17, 15) is 4.39 Å². The number of hydrogen-bond acceptors (Lipinski definition) is 1. The van der Waals surface area contributed by atoms with Crippen LogP contribution < -0.4 is 5.32 Å². The molecule has 0 spiro atoms. The Kier molecular flexibility index (Phi) is 6.58. The monoisotopic (exact) mass is 313 g/mol. The van der Waals surface area contributed by atoms with Gasteiger partial charge >= 0.3 is 0 Å². The van der Waals surface area contributed by atoms with Crippen molar-refractivity contribution in [3.8, 4) is 0 Å². The van der Waals surface area contributed by atoms with Gasteiger partial charge in [-0.05, 0) is 52.5 Å². The first-order valence-corrected chi connectivity index (χ1v) is 7.20. The van der Waals surface area contributed by atoms with Gasteiger partial charge in [-0.3, -0.25) is 0 Å². The number of halogens is 2. The fourth-order valence-electron chi connectivity index (χ4n) is 1.65. The van der Waals surface area contributed by atoms with Crippen molar-refractivity contribution in [3.05, 3.63) is 39.6 Å². The Morgan fingerprint density at radius 3 is 2.72 bits per heavy atom. The number of benzene rings is 1. The van der Waals surface area contributed by atoms with Gasteiger partial charge in [0.1, 0.15) is 5.82 Å². The third-order valence-corrected chi connectivity index (χ3v) is 3.40. The van der Waals surface area contributed by atoms with E-state index in [1.54, 1.807) is 0 Å². The van der Waals surface area contributed by atoms with E-state index < -0.39 is 0 Å². The lowest BCUT2D eigenvalue weighted by atomic mass is 10.00. The third kappa shape index (κ3) is 4.91. The molecule has 0 aliphatic heterocycles. The summed E-state index contributed by atoms with van der Waals surface area (Å²) in [5.74, 6) is 0.264. The van der Waals surface area contributed by atoms with Crippen molar-refractivity contribution in [2.45, 2.75) is 27.2 Å². The predicted octanol–water partition coefficient (Wildman–Crippen LogP) is 4.63. The molecule has 3 heteroatoms. The molecule has 100 valence electrons. The zero-order chi connectivity index (χ0) is 13.5. The second-order valence-electron chi connectivity index (χ2n) is 4.72. The van der Waals surface area contributed by atoms with Crippen LogP contribution >= 0.6 is 15.9 Å². The van der Waals surface area contributed by atoms with Gasteiger partial charge in [-0.25, -0.2) is 4.39 Å². The number of rotatable bonds is 6. The highest BCUT2D eigenvalue weighted by Crippen LogP contribution is 2.20.